The fourth-order valence-electron chi connectivity index (χ4n) is 3.52. The van der Waals surface area contributed by atoms with Gasteiger partial charge in [0, 0.05) is 113 Å². The molecule has 2 heterocycles. The van der Waals surface area contributed by atoms with Gasteiger partial charge in [-0.05, 0) is 38.0 Å². The topological polar surface area (TPSA) is 454 Å². The van der Waals surface area contributed by atoms with Crippen LogP contribution in [0.15, 0.2) is 0 Å². The molecule has 2 aliphatic rings. The Morgan fingerprint density at radius 3 is 0.521 bits per heavy atom. The van der Waals surface area contributed by atoms with Gasteiger partial charge in [-0.25, -0.2) is 0 Å². The van der Waals surface area contributed by atoms with Crippen molar-refractivity contribution < 1.29 is 150 Å². The molecule has 30 heteroatoms. The molecule has 0 aromatic heterocycles. The fourth-order valence-corrected chi connectivity index (χ4v) is 3.52. The fraction of sp³-hybridized carbons (Fsp3) is 1.00. The molecule has 12 N–H and O–H groups in total. The Bertz CT molecular complexity index is 549. The van der Waals surface area contributed by atoms with Crippen LogP contribution in [0.5, 0.6) is 0 Å². The van der Waals surface area contributed by atoms with Gasteiger partial charge in [0.1, 0.15) is 0 Å². The van der Waals surface area contributed by atoms with Crippen LogP contribution >= 0.6 is 0 Å². The van der Waals surface area contributed by atoms with Gasteiger partial charge in [0.15, 0.2) is 0 Å². The standard InChI is InChI=1S/C18H42N8.4ClHO4.2Cu/c1-2-20-6-10-24-14-17(13-23-9-5-19-1)18-15-25-11-7-21-3-4-22-8-12-26-16-18;4*2-1(3,4)5;;/h17-26H,1-16H2;4*(H,2,3,4,5);;. The summed E-state index contributed by atoms with van der Waals surface area (Å²) in [5.41, 5.74) is 0. The van der Waals surface area contributed by atoms with E-state index < -0.39 is 41.0 Å². The number of nitrogens with one attached hydrogen (secondary N) is 8. The van der Waals surface area contributed by atoms with Gasteiger partial charge in [-0.1, -0.05) is 0 Å². The maximum absolute atomic E-state index is 8.60. The molecule has 2 aliphatic heterocycles. The van der Waals surface area contributed by atoms with Crippen molar-refractivity contribution in [2.45, 2.75) is 0 Å². The summed E-state index contributed by atoms with van der Waals surface area (Å²) in [5.74, 6) is 1.25. The second-order valence-corrected chi connectivity index (χ2v) is 12.1. The normalized spacial score (nSPS) is 19.2. The Kier molecular flexibility index (Phi) is 43.0. The van der Waals surface area contributed by atoms with E-state index in [1.165, 1.54) is 0 Å². The van der Waals surface area contributed by atoms with Crippen LogP contribution in [0, 0.1) is 52.8 Å². The van der Waals surface area contributed by atoms with E-state index in [0.717, 1.165) is 105 Å². The van der Waals surface area contributed by atoms with Gasteiger partial charge in [0.2, 0.25) is 0 Å². The van der Waals surface area contributed by atoms with E-state index in [2.05, 4.69) is 42.5 Å². The molecule has 24 nitrogen and oxygen atoms in total. The molecule has 0 unspecified atom stereocenters. The zero-order valence-corrected chi connectivity index (χ0v) is 30.2. The molecule has 0 aliphatic carbocycles. The molecule has 0 bridgehead atoms. The number of rotatable bonds is 1. The molecule has 2 fully saturated rings. The molecule has 0 atom stereocenters. The van der Waals surface area contributed by atoms with Crippen LogP contribution < -0.4 is 98.4 Å². The first-order valence-corrected chi connectivity index (χ1v) is 18.2. The molecular weight excluding hydrogens is 853 g/mol. The van der Waals surface area contributed by atoms with Crippen molar-refractivity contribution in [1.82, 2.24) is 42.5 Å². The Balaban J connectivity index is -0.000000229. The minimum Gasteiger partial charge on any atom is -0.315 e. The van der Waals surface area contributed by atoms with E-state index >= 15 is 0 Å². The smallest absolute Gasteiger partial charge is 0.0777 e. The van der Waals surface area contributed by atoms with E-state index in [-0.39, 0.29) is 34.1 Å². The Morgan fingerprint density at radius 1 is 0.292 bits per heavy atom. The van der Waals surface area contributed by atoms with Crippen molar-refractivity contribution in [2.24, 2.45) is 11.8 Å². The summed E-state index contributed by atoms with van der Waals surface area (Å²) in [7, 11) is -18.8. The molecule has 2 saturated heterocycles. The van der Waals surface area contributed by atoms with Gasteiger partial charge in [-0.2, -0.15) is 55.9 Å². The Hall–Kier alpha value is 1.24. The third-order valence-electron chi connectivity index (χ3n) is 5.16. The van der Waals surface area contributed by atoms with Crippen LogP contribution in [-0.4, -0.2) is 123 Å². The molecule has 304 valence electrons. The molecule has 0 spiro atoms. The minimum atomic E-state index is -4.69. The third-order valence-corrected chi connectivity index (χ3v) is 5.16. The van der Waals surface area contributed by atoms with E-state index in [4.69, 9.17) is 74.5 Å². The van der Waals surface area contributed by atoms with Crippen LogP contribution in [0.2, 0.25) is 0 Å². The van der Waals surface area contributed by atoms with Crippen molar-refractivity contribution in [3.8, 4) is 0 Å². The van der Waals surface area contributed by atoms with Crippen molar-refractivity contribution in [3.05, 3.63) is 0 Å². The molecule has 0 saturated carbocycles. The van der Waals surface area contributed by atoms with Gasteiger partial charge in [0.25, 0.3) is 0 Å². The summed E-state index contributed by atoms with van der Waals surface area (Å²) in [6.45, 7) is 16.8. The summed E-state index contributed by atoms with van der Waals surface area (Å²) in [6.07, 6.45) is 0. The van der Waals surface area contributed by atoms with Crippen molar-refractivity contribution >= 4 is 0 Å². The summed E-state index contributed by atoms with van der Waals surface area (Å²) < 4.78 is 131. The third kappa shape index (κ3) is 81.3. The zero-order chi connectivity index (χ0) is 36.1. The Labute approximate surface area is 307 Å². The van der Waals surface area contributed by atoms with Crippen LogP contribution in [-0.2, 0) is 34.1 Å². The van der Waals surface area contributed by atoms with Crippen molar-refractivity contribution in [1.29, 1.82) is 0 Å². The maximum Gasteiger partial charge on any atom is 0.0777 e. The largest absolute Gasteiger partial charge is 0.315 e. The van der Waals surface area contributed by atoms with Gasteiger partial charge >= 0.3 is 0 Å². The molecular formula is C18H46Cl4Cu2N8O16. The second-order valence-electron chi connectivity index (χ2n) is 8.92. The van der Waals surface area contributed by atoms with Crippen molar-refractivity contribution in [3.63, 3.8) is 0 Å². The van der Waals surface area contributed by atoms with Crippen LogP contribution in [0.25, 0.3) is 0 Å². The molecule has 2 rings (SSSR count). The zero-order valence-electron chi connectivity index (χ0n) is 25.3. The quantitative estimate of drug-likeness (QED) is 0.109. The number of halogens is 4. The summed E-state index contributed by atoms with van der Waals surface area (Å²) in [6, 6.07) is 0. The number of hydrogen-bond acceptors (Lipinski definition) is 24. The average molecular weight is 900 g/mol. The maximum atomic E-state index is 8.60. The predicted octanol–water partition coefficient (Wildman–Crippen LogP) is -19.5. The Morgan fingerprint density at radius 2 is 0.396 bits per heavy atom. The van der Waals surface area contributed by atoms with Crippen molar-refractivity contribution in [2.75, 3.05) is 105 Å². The van der Waals surface area contributed by atoms with E-state index in [1.54, 1.807) is 0 Å². The summed E-state index contributed by atoms with van der Waals surface area (Å²) in [5, 5.41) is 28.6. The summed E-state index contributed by atoms with van der Waals surface area (Å²) in [4.78, 5) is 0. The van der Waals surface area contributed by atoms with E-state index in [9.17, 15) is 0 Å². The van der Waals surface area contributed by atoms with Gasteiger partial charge < -0.3 is 42.5 Å². The molecule has 0 amide bonds. The molecule has 48 heavy (non-hydrogen) atoms. The van der Waals surface area contributed by atoms with Crippen LogP contribution in [0.1, 0.15) is 0 Å². The predicted molar refractivity (Wildman–Crippen MR) is 119 cm³/mol. The second kappa shape index (κ2) is 35.3. The minimum absolute atomic E-state index is 0. The molecule has 0 aromatic rings. The molecule has 2 radical (unpaired) electrons. The van der Waals surface area contributed by atoms with Gasteiger partial charge in [-0.15, -0.1) is 0 Å². The number of hydrogen-bond donors (Lipinski definition) is 12. The SMILES string of the molecule is C1CNCCNCC(C2CNCCNCCNCCNC2)CNCCN1.[Cu].[Cu].[O-][Cl+3]([O-])([O-])O.[O-][Cl+3]([O-])([O-])O.[O-][Cl+3]([O-])([O-])O.[O-][Cl+3]([O-])([O-])O. The monoisotopic (exact) mass is 896 g/mol. The van der Waals surface area contributed by atoms with Gasteiger partial charge in [-0.3, -0.25) is 0 Å². The summed E-state index contributed by atoms with van der Waals surface area (Å²) >= 11 is 0. The average Bonchev–Trinajstić information content (AvgIpc) is 2.88. The first-order valence-electron chi connectivity index (χ1n) is 13.2. The first-order chi connectivity index (χ1) is 21.0. The van der Waals surface area contributed by atoms with E-state index in [1.807, 2.05) is 0 Å². The first kappa shape index (κ1) is 58.5. The van der Waals surface area contributed by atoms with Crippen LogP contribution in [0.4, 0.5) is 0 Å². The van der Waals surface area contributed by atoms with Crippen LogP contribution in [0.3, 0.4) is 0 Å². The van der Waals surface area contributed by atoms with Gasteiger partial charge in [0.05, 0.1) is 59.6 Å². The van der Waals surface area contributed by atoms with E-state index in [0.29, 0.717) is 11.8 Å². The molecule has 0 aromatic carbocycles.